The molecule has 0 aliphatic rings. The van der Waals surface area contributed by atoms with Crippen LogP contribution in [-0.4, -0.2) is 24.8 Å². The summed E-state index contributed by atoms with van der Waals surface area (Å²) in [5, 5.41) is 0. The van der Waals surface area contributed by atoms with E-state index in [0.29, 0.717) is 12.4 Å². The van der Waals surface area contributed by atoms with Crippen LogP contribution in [0.25, 0.3) is 11.1 Å². The Bertz CT molecular complexity index is 767. The first-order chi connectivity index (χ1) is 15.5. The predicted molar refractivity (Wildman–Crippen MR) is 131 cm³/mol. The highest BCUT2D eigenvalue weighted by Crippen LogP contribution is 2.25. The quantitative estimate of drug-likeness (QED) is 0.162. The van der Waals surface area contributed by atoms with Crippen LogP contribution < -0.4 is 9.47 Å². The van der Waals surface area contributed by atoms with Gasteiger partial charge in [-0.05, 0) is 68.5 Å². The first-order valence-electron chi connectivity index (χ1n) is 12.2. The molecule has 2 unspecified atom stereocenters. The summed E-state index contributed by atoms with van der Waals surface area (Å²) in [6, 6.07) is 15.7. The molecule has 0 radical (unpaired) electrons. The molecule has 176 valence electrons. The SMILES string of the molecule is CCCCCCC(C)Oc1ccc(-c2ccc(OC(=O)C(C)OCCCCC)cc2)cc1. The number of unbranched alkanes of at least 4 members (excludes halogenated alkanes) is 5. The van der Waals surface area contributed by atoms with Gasteiger partial charge in [-0.2, -0.15) is 0 Å². The molecule has 2 aromatic carbocycles. The molecule has 32 heavy (non-hydrogen) atoms. The third kappa shape index (κ3) is 9.44. The number of carbonyl (C=O) groups is 1. The molecule has 2 aromatic rings. The Morgan fingerprint density at radius 1 is 0.750 bits per heavy atom. The smallest absolute Gasteiger partial charge is 0.340 e. The van der Waals surface area contributed by atoms with E-state index in [2.05, 4.69) is 32.9 Å². The van der Waals surface area contributed by atoms with Gasteiger partial charge in [-0.15, -0.1) is 0 Å². The van der Waals surface area contributed by atoms with Crippen molar-refractivity contribution >= 4 is 5.97 Å². The molecule has 0 bridgehead atoms. The highest BCUT2D eigenvalue weighted by Gasteiger charge is 2.15. The van der Waals surface area contributed by atoms with E-state index in [1.807, 2.05) is 36.4 Å². The molecule has 4 heteroatoms. The van der Waals surface area contributed by atoms with E-state index in [1.54, 1.807) is 6.92 Å². The molecule has 0 saturated carbocycles. The largest absolute Gasteiger partial charge is 0.491 e. The van der Waals surface area contributed by atoms with Crippen LogP contribution in [-0.2, 0) is 9.53 Å². The minimum absolute atomic E-state index is 0.227. The summed E-state index contributed by atoms with van der Waals surface area (Å²) in [6.45, 7) is 8.82. The van der Waals surface area contributed by atoms with Crippen molar-refractivity contribution in [1.82, 2.24) is 0 Å². The van der Waals surface area contributed by atoms with E-state index in [-0.39, 0.29) is 12.1 Å². The van der Waals surface area contributed by atoms with Gasteiger partial charge in [-0.3, -0.25) is 0 Å². The first-order valence-corrected chi connectivity index (χ1v) is 12.2. The van der Waals surface area contributed by atoms with Crippen LogP contribution >= 0.6 is 0 Å². The number of rotatable bonds is 15. The third-order valence-electron chi connectivity index (χ3n) is 5.51. The van der Waals surface area contributed by atoms with Crippen molar-refractivity contribution in [3.05, 3.63) is 48.5 Å². The molecule has 0 N–H and O–H groups in total. The van der Waals surface area contributed by atoms with Crippen LogP contribution in [0.3, 0.4) is 0 Å². The van der Waals surface area contributed by atoms with Crippen molar-refractivity contribution in [2.45, 2.75) is 91.3 Å². The van der Waals surface area contributed by atoms with Gasteiger partial charge >= 0.3 is 5.97 Å². The number of hydrogen-bond donors (Lipinski definition) is 0. The van der Waals surface area contributed by atoms with Gasteiger partial charge < -0.3 is 14.2 Å². The summed E-state index contributed by atoms with van der Waals surface area (Å²) in [5.41, 5.74) is 2.16. The lowest BCUT2D eigenvalue weighted by atomic mass is 10.1. The predicted octanol–water partition coefficient (Wildman–Crippen LogP) is 7.59. The van der Waals surface area contributed by atoms with Crippen molar-refractivity contribution in [3.63, 3.8) is 0 Å². The zero-order valence-electron chi connectivity index (χ0n) is 20.3. The Kier molecular flexibility index (Phi) is 11.9. The minimum atomic E-state index is -0.562. The van der Waals surface area contributed by atoms with Crippen molar-refractivity contribution in [1.29, 1.82) is 0 Å². The summed E-state index contributed by atoms with van der Waals surface area (Å²) in [5.74, 6) is 1.06. The summed E-state index contributed by atoms with van der Waals surface area (Å²) >= 11 is 0. The molecule has 0 spiro atoms. The van der Waals surface area contributed by atoms with E-state index in [9.17, 15) is 4.79 Å². The van der Waals surface area contributed by atoms with Crippen molar-refractivity contribution in [2.75, 3.05) is 6.61 Å². The molecule has 0 saturated heterocycles. The van der Waals surface area contributed by atoms with Gasteiger partial charge in [0.05, 0.1) is 6.10 Å². The molecule has 2 atom stereocenters. The second-order valence-electron chi connectivity index (χ2n) is 8.47. The normalized spacial score (nSPS) is 12.9. The van der Waals surface area contributed by atoms with Gasteiger partial charge in [-0.1, -0.05) is 70.2 Å². The van der Waals surface area contributed by atoms with Crippen molar-refractivity contribution < 1.29 is 19.0 Å². The summed E-state index contributed by atoms with van der Waals surface area (Å²) < 4.78 is 17.0. The molecule has 0 aromatic heterocycles. The van der Waals surface area contributed by atoms with Crippen LogP contribution in [0.4, 0.5) is 0 Å². The number of benzene rings is 2. The van der Waals surface area contributed by atoms with Gasteiger partial charge in [-0.25, -0.2) is 4.79 Å². The Morgan fingerprint density at radius 3 is 1.91 bits per heavy atom. The maximum absolute atomic E-state index is 12.2. The van der Waals surface area contributed by atoms with Crippen molar-refractivity contribution in [2.24, 2.45) is 0 Å². The second-order valence-corrected chi connectivity index (χ2v) is 8.47. The van der Waals surface area contributed by atoms with E-state index in [4.69, 9.17) is 14.2 Å². The summed E-state index contributed by atoms with van der Waals surface area (Å²) in [6.07, 6.45) is 8.99. The zero-order chi connectivity index (χ0) is 23.2. The van der Waals surface area contributed by atoms with Gasteiger partial charge in [0.2, 0.25) is 0 Å². The molecule has 0 aliphatic heterocycles. The topological polar surface area (TPSA) is 44.8 Å². The average Bonchev–Trinajstić information content (AvgIpc) is 2.80. The lowest BCUT2D eigenvalue weighted by molar-refractivity contribution is -0.146. The van der Waals surface area contributed by atoms with E-state index in [1.165, 1.54) is 25.7 Å². The monoisotopic (exact) mass is 440 g/mol. The fourth-order valence-electron chi connectivity index (χ4n) is 3.47. The van der Waals surface area contributed by atoms with Gasteiger partial charge in [0.25, 0.3) is 0 Å². The highest BCUT2D eigenvalue weighted by molar-refractivity contribution is 5.77. The number of hydrogen-bond acceptors (Lipinski definition) is 4. The van der Waals surface area contributed by atoms with Crippen LogP contribution in [0.1, 0.15) is 79.1 Å². The third-order valence-corrected chi connectivity index (χ3v) is 5.51. The fourth-order valence-corrected chi connectivity index (χ4v) is 3.47. The van der Waals surface area contributed by atoms with Gasteiger partial charge in [0.1, 0.15) is 11.5 Å². The minimum Gasteiger partial charge on any atom is -0.491 e. The lowest BCUT2D eigenvalue weighted by Gasteiger charge is -2.15. The molecular formula is C28H40O4. The fraction of sp³-hybridized carbons (Fsp3) is 0.536. The zero-order valence-corrected chi connectivity index (χ0v) is 20.3. The van der Waals surface area contributed by atoms with E-state index < -0.39 is 6.10 Å². The lowest BCUT2D eigenvalue weighted by Crippen LogP contribution is -2.26. The number of carbonyl (C=O) groups excluding carboxylic acids is 1. The standard InChI is InChI=1S/C28H40O4/c1-5-7-9-10-12-22(3)31-26-17-13-24(14-18-26)25-15-19-27(20-16-25)32-28(29)23(4)30-21-11-8-6-2/h13-20,22-23H,5-12,21H2,1-4H3. The van der Waals surface area contributed by atoms with Crippen molar-refractivity contribution in [3.8, 4) is 22.6 Å². The van der Waals surface area contributed by atoms with Gasteiger partial charge in [0, 0.05) is 6.61 Å². The van der Waals surface area contributed by atoms with Crippen LogP contribution in [0.5, 0.6) is 11.5 Å². The highest BCUT2D eigenvalue weighted by atomic mass is 16.6. The van der Waals surface area contributed by atoms with E-state index in [0.717, 1.165) is 42.6 Å². The number of ether oxygens (including phenoxy) is 3. The average molecular weight is 441 g/mol. The molecule has 0 fully saturated rings. The first kappa shape index (κ1) is 25.9. The molecule has 2 rings (SSSR count). The van der Waals surface area contributed by atoms with Gasteiger partial charge in [0.15, 0.2) is 6.10 Å². The van der Waals surface area contributed by atoms with Crippen LogP contribution in [0.15, 0.2) is 48.5 Å². The molecule has 0 aliphatic carbocycles. The Balaban J connectivity index is 1.82. The molecule has 4 nitrogen and oxygen atoms in total. The van der Waals surface area contributed by atoms with Crippen LogP contribution in [0, 0.1) is 0 Å². The Labute approximate surface area is 194 Å². The summed E-state index contributed by atoms with van der Waals surface area (Å²) in [7, 11) is 0. The maximum atomic E-state index is 12.2. The number of esters is 1. The molecular weight excluding hydrogens is 400 g/mol. The Morgan fingerprint density at radius 2 is 1.31 bits per heavy atom. The Hall–Kier alpha value is -2.33. The molecule has 0 amide bonds. The van der Waals surface area contributed by atoms with Crippen LogP contribution in [0.2, 0.25) is 0 Å². The second kappa shape index (κ2) is 14.7. The molecule has 0 heterocycles. The summed E-state index contributed by atoms with van der Waals surface area (Å²) in [4.78, 5) is 12.2. The maximum Gasteiger partial charge on any atom is 0.340 e. The van der Waals surface area contributed by atoms with E-state index >= 15 is 0 Å².